The Labute approximate surface area is 145 Å². The third-order valence-corrected chi connectivity index (χ3v) is 6.96. The van der Waals surface area contributed by atoms with Gasteiger partial charge in [-0.1, -0.05) is 0 Å². The van der Waals surface area contributed by atoms with Crippen molar-refractivity contribution in [2.24, 2.45) is 5.73 Å². The van der Waals surface area contributed by atoms with E-state index in [1.807, 2.05) is 0 Å². The Morgan fingerprint density at radius 2 is 1.80 bits per heavy atom. The van der Waals surface area contributed by atoms with E-state index in [4.69, 9.17) is 5.73 Å². The first-order chi connectivity index (χ1) is 11.8. The molecular weight excluding hydrogens is 352 g/mol. The van der Waals surface area contributed by atoms with E-state index >= 15 is 0 Å². The van der Waals surface area contributed by atoms with Crippen LogP contribution in [0.3, 0.4) is 0 Å². The van der Waals surface area contributed by atoms with E-state index in [1.54, 1.807) is 0 Å². The summed E-state index contributed by atoms with van der Waals surface area (Å²) in [4.78, 5) is 13.1. The summed E-state index contributed by atoms with van der Waals surface area (Å²) in [5, 5.41) is 0. The Balaban J connectivity index is 1.70. The number of nitrogens with zero attached hydrogens (tertiary/aromatic N) is 2. The number of benzene rings is 1. The first kappa shape index (κ1) is 18.2. The molecule has 0 saturated carbocycles. The summed E-state index contributed by atoms with van der Waals surface area (Å²) in [5.41, 5.74) is 5.44. The third kappa shape index (κ3) is 3.54. The number of hydrogen-bond donors (Lipinski definition) is 1. The van der Waals surface area contributed by atoms with Crippen LogP contribution in [-0.2, 0) is 14.8 Å². The van der Waals surface area contributed by atoms with Crippen LogP contribution in [0.5, 0.6) is 0 Å². The fourth-order valence-corrected chi connectivity index (χ4v) is 5.28. The largest absolute Gasteiger partial charge is 0.368 e. The monoisotopic (exact) mass is 373 g/mol. The normalized spacial score (nSPS) is 23.8. The van der Waals surface area contributed by atoms with Gasteiger partial charge < -0.3 is 5.73 Å². The SMILES string of the molecule is NC(=O)C1CCCN1C1CCN(S(=O)(=O)c2ccc(F)cc2F)CC1. The summed E-state index contributed by atoms with van der Waals surface area (Å²) in [7, 11) is -4.00. The van der Waals surface area contributed by atoms with Gasteiger partial charge in [-0.2, -0.15) is 4.31 Å². The van der Waals surface area contributed by atoms with Crippen LogP contribution in [0.1, 0.15) is 25.7 Å². The molecule has 3 rings (SSSR count). The predicted molar refractivity (Wildman–Crippen MR) is 87.1 cm³/mol. The van der Waals surface area contributed by atoms with Crippen molar-refractivity contribution in [1.82, 2.24) is 9.21 Å². The van der Waals surface area contributed by atoms with Crippen molar-refractivity contribution < 1.29 is 22.0 Å². The lowest BCUT2D eigenvalue weighted by Crippen LogP contribution is -2.51. The van der Waals surface area contributed by atoms with E-state index in [1.165, 1.54) is 4.31 Å². The van der Waals surface area contributed by atoms with Gasteiger partial charge in [0.2, 0.25) is 15.9 Å². The van der Waals surface area contributed by atoms with E-state index in [9.17, 15) is 22.0 Å². The second-order valence-electron chi connectivity index (χ2n) is 6.51. The quantitative estimate of drug-likeness (QED) is 0.856. The van der Waals surface area contributed by atoms with E-state index < -0.39 is 26.6 Å². The van der Waals surface area contributed by atoms with Gasteiger partial charge in [0.15, 0.2) is 0 Å². The number of amides is 1. The lowest BCUT2D eigenvalue weighted by atomic mass is 10.0. The maximum atomic E-state index is 13.9. The molecule has 1 aromatic carbocycles. The molecule has 6 nitrogen and oxygen atoms in total. The first-order valence-electron chi connectivity index (χ1n) is 8.31. The molecule has 0 aromatic heterocycles. The molecule has 2 saturated heterocycles. The number of nitrogens with two attached hydrogens (primary N) is 1. The molecule has 1 aromatic rings. The molecule has 1 atom stereocenters. The fraction of sp³-hybridized carbons (Fsp3) is 0.562. The van der Waals surface area contributed by atoms with Gasteiger partial charge in [0.1, 0.15) is 16.5 Å². The molecule has 0 aliphatic carbocycles. The van der Waals surface area contributed by atoms with Gasteiger partial charge in [-0.15, -0.1) is 0 Å². The first-order valence-corrected chi connectivity index (χ1v) is 9.75. The number of hydrogen-bond acceptors (Lipinski definition) is 4. The average Bonchev–Trinajstić information content (AvgIpc) is 3.04. The van der Waals surface area contributed by atoms with E-state index in [0.29, 0.717) is 18.9 Å². The molecule has 2 aliphatic rings. The van der Waals surface area contributed by atoms with E-state index in [0.717, 1.165) is 31.5 Å². The summed E-state index contributed by atoms with van der Waals surface area (Å²) in [6.07, 6.45) is 2.72. The Kier molecular flexibility index (Phi) is 5.08. The predicted octanol–water partition coefficient (Wildman–Crippen LogP) is 1.07. The topological polar surface area (TPSA) is 83.7 Å². The van der Waals surface area contributed by atoms with Crippen molar-refractivity contribution >= 4 is 15.9 Å². The summed E-state index contributed by atoms with van der Waals surface area (Å²) in [5.74, 6) is -2.25. The summed E-state index contributed by atoms with van der Waals surface area (Å²) < 4.78 is 53.3. The molecule has 9 heteroatoms. The Morgan fingerprint density at radius 1 is 1.12 bits per heavy atom. The molecular formula is C16H21F2N3O3S. The second kappa shape index (κ2) is 6.97. The number of piperidine rings is 1. The maximum Gasteiger partial charge on any atom is 0.245 e. The van der Waals surface area contributed by atoms with Crippen LogP contribution in [0.15, 0.2) is 23.1 Å². The zero-order chi connectivity index (χ0) is 18.2. The Bertz CT molecular complexity index is 764. The number of halogens is 2. The average molecular weight is 373 g/mol. The number of rotatable bonds is 4. The Hall–Kier alpha value is -1.58. The highest BCUT2D eigenvalue weighted by Crippen LogP contribution is 2.29. The number of primary amides is 1. The minimum atomic E-state index is -4.00. The van der Waals surface area contributed by atoms with Crippen molar-refractivity contribution in [2.75, 3.05) is 19.6 Å². The van der Waals surface area contributed by atoms with E-state index in [2.05, 4.69) is 4.90 Å². The summed E-state index contributed by atoms with van der Waals surface area (Å²) in [6.45, 7) is 1.23. The second-order valence-corrected chi connectivity index (χ2v) is 8.41. The van der Waals surface area contributed by atoms with Gasteiger partial charge in [-0.25, -0.2) is 17.2 Å². The molecule has 0 radical (unpaired) electrons. The van der Waals surface area contributed by atoms with Crippen LogP contribution in [-0.4, -0.2) is 55.2 Å². The van der Waals surface area contributed by atoms with Crippen molar-refractivity contribution in [2.45, 2.75) is 42.7 Å². The van der Waals surface area contributed by atoms with Crippen LogP contribution in [0, 0.1) is 11.6 Å². The number of sulfonamides is 1. The van der Waals surface area contributed by atoms with Crippen molar-refractivity contribution in [3.8, 4) is 0 Å². The van der Waals surface area contributed by atoms with Gasteiger partial charge >= 0.3 is 0 Å². The zero-order valence-electron chi connectivity index (χ0n) is 13.7. The molecule has 0 spiro atoms. The van der Waals surface area contributed by atoms with E-state index in [-0.39, 0.29) is 31.1 Å². The molecule has 0 bridgehead atoms. The van der Waals surface area contributed by atoms with Crippen molar-refractivity contribution in [3.05, 3.63) is 29.8 Å². The molecule has 2 fully saturated rings. The summed E-state index contributed by atoms with van der Waals surface area (Å²) >= 11 is 0. The minimum absolute atomic E-state index is 0.0875. The van der Waals surface area contributed by atoms with Crippen LogP contribution in [0.25, 0.3) is 0 Å². The number of carbonyl (C=O) groups is 1. The van der Waals surface area contributed by atoms with Crippen LogP contribution < -0.4 is 5.73 Å². The van der Waals surface area contributed by atoms with Gasteiger partial charge in [0.05, 0.1) is 6.04 Å². The van der Waals surface area contributed by atoms with Gasteiger partial charge in [-0.05, 0) is 44.4 Å². The lowest BCUT2D eigenvalue weighted by molar-refractivity contribution is -0.123. The van der Waals surface area contributed by atoms with Crippen molar-refractivity contribution in [3.63, 3.8) is 0 Å². The lowest BCUT2D eigenvalue weighted by Gasteiger charge is -2.38. The fourth-order valence-electron chi connectivity index (χ4n) is 3.77. The Morgan fingerprint density at radius 3 is 2.40 bits per heavy atom. The summed E-state index contributed by atoms with van der Waals surface area (Å²) in [6, 6.07) is 2.26. The minimum Gasteiger partial charge on any atom is -0.368 e. The molecule has 2 N–H and O–H groups in total. The smallest absolute Gasteiger partial charge is 0.245 e. The third-order valence-electron chi connectivity index (χ3n) is 5.03. The van der Waals surface area contributed by atoms with Gasteiger partial charge in [0, 0.05) is 25.2 Å². The van der Waals surface area contributed by atoms with Gasteiger partial charge in [-0.3, -0.25) is 9.69 Å². The van der Waals surface area contributed by atoms with Gasteiger partial charge in [0.25, 0.3) is 0 Å². The molecule has 1 amide bonds. The van der Waals surface area contributed by atoms with Crippen LogP contribution >= 0.6 is 0 Å². The highest BCUT2D eigenvalue weighted by Gasteiger charge is 2.38. The number of carbonyl (C=O) groups excluding carboxylic acids is 1. The molecule has 138 valence electrons. The number of likely N-dealkylation sites (tertiary alicyclic amines) is 1. The highest BCUT2D eigenvalue weighted by molar-refractivity contribution is 7.89. The molecule has 1 unspecified atom stereocenters. The van der Waals surface area contributed by atoms with Crippen LogP contribution in [0.2, 0.25) is 0 Å². The molecule has 25 heavy (non-hydrogen) atoms. The zero-order valence-corrected chi connectivity index (χ0v) is 14.5. The maximum absolute atomic E-state index is 13.9. The molecule has 2 aliphatic heterocycles. The van der Waals surface area contributed by atoms with Crippen molar-refractivity contribution in [1.29, 1.82) is 0 Å². The van der Waals surface area contributed by atoms with Crippen LogP contribution in [0.4, 0.5) is 8.78 Å². The highest BCUT2D eigenvalue weighted by atomic mass is 32.2. The standard InChI is InChI=1S/C16H21F2N3O3S/c17-11-3-4-15(13(18)10-11)25(23,24)20-8-5-12(6-9-20)21-7-1-2-14(21)16(19)22/h3-4,10,12,14H,1-2,5-9H2,(H2,19,22). The molecule has 2 heterocycles.